The Morgan fingerprint density at radius 2 is 2.33 bits per heavy atom. The van der Waals surface area contributed by atoms with E-state index < -0.39 is 0 Å². The third kappa shape index (κ3) is 2.92. The van der Waals surface area contributed by atoms with Gasteiger partial charge in [0.25, 0.3) is 0 Å². The summed E-state index contributed by atoms with van der Waals surface area (Å²) in [6, 6.07) is 0. The highest BCUT2D eigenvalue weighted by molar-refractivity contribution is 7.03. The predicted octanol–water partition coefficient (Wildman–Crippen LogP) is 1.38. The molecule has 0 bridgehead atoms. The molecule has 0 fully saturated rings. The van der Waals surface area contributed by atoms with Crippen LogP contribution in [0.15, 0.2) is 5.38 Å². The van der Waals surface area contributed by atoms with Crippen LogP contribution >= 0.6 is 11.5 Å². The van der Waals surface area contributed by atoms with Gasteiger partial charge in [-0.25, -0.2) is 0 Å². The Kier molecular flexibility index (Phi) is 4.91. The third-order valence-electron chi connectivity index (χ3n) is 0.498. The summed E-state index contributed by atoms with van der Waals surface area (Å²) in [5, 5.41) is 5.03. The Morgan fingerprint density at radius 3 is 2.56 bits per heavy atom. The molecule has 1 aromatic rings. The maximum atomic E-state index is 9.77. The van der Waals surface area contributed by atoms with Gasteiger partial charge < -0.3 is 0 Å². The Morgan fingerprint density at radius 1 is 1.67 bits per heavy atom. The van der Waals surface area contributed by atoms with Crippen LogP contribution < -0.4 is 0 Å². The summed E-state index contributed by atoms with van der Waals surface area (Å²) in [6.07, 6.45) is 0.670. The number of carbonyl (C=O) groups excluding carboxylic acids is 1. The first kappa shape index (κ1) is 8.23. The van der Waals surface area contributed by atoms with Crippen molar-refractivity contribution in [1.82, 2.24) is 9.59 Å². The Bertz CT molecular complexity index is 150. The lowest BCUT2D eigenvalue weighted by atomic mass is 10.6. The van der Waals surface area contributed by atoms with E-state index in [1.165, 1.54) is 11.5 Å². The summed E-state index contributed by atoms with van der Waals surface area (Å²) in [5.74, 6) is 0. The highest BCUT2D eigenvalue weighted by Gasteiger charge is 1.86. The van der Waals surface area contributed by atoms with Crippen LogP contribution in [0.4, 0.5) is 0 Å². The number of aromatic nitrogens is 2. The lowest BCUT2D eigenvalue weighted by molar-refractivity contribution is 0.111. The van der Waals surface area contributed by atoms with E-state index in [1.54, 1.807) is 5.38 Å². The number of aldehydes is 1. The average Bonchev–Trinajstić information content (AvgIpc) is 2.43. The first-order valence-electron chi connectivity index (χ1n) is 2.65. The van der Waals surface area contributed by atoms with Gasteiger partial charge in [0.05, 0.1) is 0 Å². The zero-order valence-electron chi connectivity index (χ0n) is 5.37. The number of nitrogens with zero attached hydrogens (tertiary/aromatic N) is 2. The van der Waals surface area contributed by atoms with Gasteiger partial charge in [-0.1, -0.05) is 18.3 Å². The summed E-state index contributed by atoms with van der Waals surface area (Å²) in [7, 11) is 0. The van der Waals surface area contributed by atoms with Crippen LogP contribution in [-0.4, -0.2) is 15.9 Å². The predicted molar refractivity (Wildman–Crippen MR) is 36.6 cm³/mol. The molecule has 0 saturated heterocycles. The molecule has 3 nitrogen and oxygen atoms in total. The normalized spacial score (nSPS) is 7.33. The van der Waals surface area contributed by atoms with Gasteiger partial charge in [0.2, 0.25) is 0 Å². The molecule has 0 aliphatic rings. The number of carbonyl (C=O) groups is 1. The monoisotopic (exact) mass is 144 g/mol. The molecule has 0 N–H and O–H groups in total. The van der Waals surface area contributed by atoms with E-state index in [0.29, 0.717) is 12.0 Å². The van der Waals surface area contributed by atoms with Crippen molar-refractivity contribution in [3.63, 3.8) is 0 Å². The second kappa shape index (κ2) is 5.37. The number of hydrogen-bond donors (Lipinski definition) is 0. The van der Waals surface area contributed by atoms with E-state index in [9.17, 15) is 4.79 Å². The summed E-state index contributed by atoms with van der Waals surface area (Å²) in [5.41, 5.74) is 0.407. The topological polar surface area (TPSA) is 42.9 Å². The van der Waals surface area contributed by atoms with E-state index in [0.717, 1.165) is 0 Å². The van der Waals surface area contributed by atoms with E-state index in [4.69, 9.17) is 0 Å². The van der Waals surface area contributed by atoms with Crippen LogP contribution in [-0.2, 0) is 0 Å². The maximum Gasteiger partial charge on any atom is 0.171 e. The molecule has 0 radical (unpaired) electrons. The van der Waals surface area contributed by atoms with Gasteiger partial charge in [-0.15, -0.1) is 5.10 Å². The van der Waals surface area contributed by atoms with Crippen LogP contribution in [0.3, 0.4) is 0 Å². The summed E-state index contributed by atoms with van der Waals surface area (Å²) >= 11 is 1.17. The highest BCUT2D eigenvalue weighted by atomic mass is 32.1. The fourth-order valence-electron chi connectivity index (χ4n) is 0.223. The number of rotatable bonds is 1. The van der Waals surface area contributed by atoms with Crippen molar-refractivity contribution in [1.29, 1.82) is 0 Å². The molecular formula is C5H8N2OS. The summed E-state index contributed by atoms with van der Waals surface area (Å²) in [6.45, 7) is 4.00. The zero-order valence-corrected chi connectivity index (χ0v) is 6.18. The molecule has 0 aromatic carbocycles. The second-order valence-electron chi connectivity index (χ2n) is 0.948. The molecule has 0 amide bonds. The molecule has 0 unspecified atom stereocenters. The Labute approximate surface area is 57.9 Å². The fraction of sp³-hybridized carbons (Fsp3) is 0.400. The van der Waals surface area contributed by atoms with Crippen LogP contribution in [0.2, 0.25) is 0 Å². The van der Waals surface area contributed by atoms with Gasteiger partial charge in [-0.05, 0) is 11.5 Å². The van der Waals surface area contributed by atoms with Gasteiger partial charge in [0, 0.05) is 5.38 Å². The zero-order chi connectivity index (χ0) is 7.11. The molecule has 0 aliphatic carbocycles. The minimum absolute atomic E-state index is 0.407. The first-order valence-corrected chi connectivity index (χ1v) is 3.49. The van der Waals surface area contributed by atoms with Gasteiger partial charge in [-0.3, -0.25) is 4.79 Å². The smallest absolute Gasteiger partial charge is 0.171 e. The van der Waals surface area contributed by atoms with E-state index in [2.05, 4.69) is 9.59 Å². The molecule has 0 aliphatic heterocycles. The average molecular weight is 144 g/mol. The standard InChI is InChI=1S/C3H2N2OS.C2H6/c6-1-3-2-7-5-4-3;1-2/h1-2H;1-2H3. The maximum absolute atomic E-state index is 9.77. The van der Waals surface area contributed by atoms with E-state index >= 15 is 0 Å². The summed E-state index contributed by atoms with van der Waals surface area (Å²) < 4.78 is 3.45. The molecule has 1 rings (SSSR count). The first-order chi connectivity index (χ1) is 4.43. The lowest BCUT2D eigenvalue weighted by Crippen LogP contribution is -1.75. The van der Waals surface area contributed by atoms with E-state index in [-0.39, 0.29) is 0 Å². The largest absolute Gasteiger partial charge is 0.296 e. The summed E-state index contributed by atoms with van der Waals surface area (Å²) in [4.78, 5) is 9.77. The molecule has 4 heteroatoms. The fourth-order valence-corrected chi connectivity index (χ4v) is 0.622. The van der Waals surface area contributed by atoms with Crippen molar-refractivity contribution in [2.45, 2.75) is 13.8 Å². The second-order valence-corrected chi connectivity index (χ2v) is 1.56. The molecule has 1 heterocycles. The van der Waals surface area contributed by atoms with Crippen molar-refractivity contribution in [3.8, 4) is 0 Å². The molecule has 9 heavy (non-hydrogen) atoms. The highest BCUT2D eigenvalue weighted by Crippen LogP contribution is 1.89. The van der Waals surface area contributed by atoms with Gasteiger partial charge in [-0.2, -0.15) is 0 Å². The molecule has 0 atom stereocenters. The van der Waals surface area contributed by atoms with Gasteiger partial charge in [0.15, 0.2) is 6.29 Å². The molecular weight excluding hydrogens is 136 g/mol. The van der Waals surface area contributed by atoms with E-state index in [1.807, 2.05) is 13.8 Å². The van der Waals surface area contributed by atoms with Crippen LogP contribution in [0.25, 0.3) is 0 Å². The third-order valence-corrected chi connectivity index (χ3v) is 1.02. The van der Waals surface area contributed by atoms with Crippen molar-refractivity contribution < 1.29 is 4.79 Å². The minimum Gasteiger partial charge on any atom is -0.296 e. The van der Waals surface area contributed by atoms with Crippen molar-refractivity contribution in [2.75, 3.05) is 0 Å². The van der Waals surface area contributed by atoms with Crippen molar-refractivity contribution in [2.24, 2.45) is 0 Å². The SMILES string of the molecule is CC.O=Cc1csnn1. The van der Waals surface area contributed by atoms with Crippen LogP contribution in [0.5, 0.6) is 0 Å². The molecule has 50 valence electrons. The number of hydrogen-bond acceptors (Lipinski definition) is 4. The Hall–Kier alpha value is -0.770. The lowest BCUT2D eigenvalue weighted by Gasteiger charge is -1.62. The molecule has 0 spiro atoms. The van der Waals surface area contributed by atoms with Crippen LogP contribution in [0, 0.1) is 0 Å². The molecule has 0 saturated carbocycles. The van der Waals surface area contributed by atoms with Crippen LogP contribution in [0.1, 0.15) is 24.3 Å². The molecule has 1 aromatic heterocycles. The quantitative estimate of drug-likeness (QED) is 0.559. The van der Waals surface area contributed by atoms with Gasteiger partial charge >= 0.3 is 0 Å². The minimum atomic E-state index is 0.407. The Balaban J connectivity index is 0.000000291. The van der Waals surface area contributed by atoms with Gasteiger partial charge in [0.1, 0.15) is 5.69 Å². The van der Waals surface area contributed by atoms with Crippen molar-refractivity contribution >= 4 is 17.8 Å². The van der Waals surface area contributed by atoms with Crippen molar-refractivity contribution in [3.05, 3.63) is 11.1 Å².